The Morgan fingerprint density at radius 2 is 2.00 bits per heavy atom. The van der Waals surface area contributed by atoms with E-state index in [1.54, 1.807) is 49.4 Å². The van der Waals surface area contributed by atoms with E-state index < -0.39 is 6.04 Å². The zero-order valence-electron chi connectivity index (χ0n) is 16.7. The number of phenols is 1. The Kier molecular flexibility index (Phi) is 6.15. The Bertz CT molecular complexity index is 1070. The summed E-state index contributed by atoms with van der Waals surface area (Å²) in [5, 5.41) is 12.2. The number of fused-ring (bicyclic) bond motifs is 1. The number of hydrogen-bond donors (Lipinski definition) is 2. The number of rotatable bonds is 6. The van der Waals surface area contributed by atoms with Crippen LogP contribution in [0.1, 0.15) is 18.1 Å². The lowest BCUT2D eigenvalue weighted by Gasteiger charge is -2.22. The van der Waals surface area contributed by atoms with Crippen LogP contribution in [0.25, 0.3) is 6.08 Å². The molecule has 0 aromatic heterocycles. The standard InChI is InChI=1S/C22H20N2O5S2/c1-13(20(26)23-9-8-14-2-5-16(25)6-3-14)24-21(27)19(31-22(24)30)11-15-4-7-17-18(10-15)29-12-28-17/h2-7,10-11,13,25H,8-9,12H2,1H3,(H,23,26)/b19-11-/t13-/m0/s1. The first kappa shape index (κ1) is 21.2. The van der Waals surface area contributed by atoms with Crippen molar-refractivity contribution >= 4 is 46.2 Å². The maximum Gasteiger partial charge on any atom is 0.266 e. The largest absolute Gasteiger partial charge is 0.508 e. The molecule has 0 aliphatic carbocycles. The summed E-state index contributed by atoms with van der Waals surface area (Å²) in [5.41, 5.74) is 1.78. The predicted octanol–water partition coefficient (Wildman–Crippen LogP) is 3.07. The zero-order chi connectivity index (χ0) is 22.0. The number of benzene rings is 2. The number of ether oxygens (including phenoxy) is 2. The number of phenolic OH excluding ortho intramolecular Hbond substituents is 1. The molecule has 1 saturated heterocycles. The third-order valence-corrected chi connectivity index (χ3v) is 6.26. The molecule has 2 aromatic carbocycles. The second-order valence-electron chi connectivity index (χ2n) is 7.05. The summed E-state index contributed by atoms with van der Waals surface area (Å²) in [5.74, 6) is 0.922. The lowest BCUT2D eigenvalue weighted by Crippen LogP contribution is -2.47. The molecule has 0 bridgehead atoms. The molecule has 0 unspecified atom stereocenters. The summed E-state index contributed by atoms with van der Waals surface area (Å²) >= 11 is 6.54. The normalized spacial score (nSPS) is 17.3. The van der Waals surface area contributed by atoms with Crippen molar-refractivity contribution in [3.8, 4) is 17.2 Å². The Morgan fingerprint density at radius 1 is 1.26 bits per heavy atom. The molecule has 160 valence electrons. The first-order valence-electron chi connectivity index (χ1n) is 9.65. The SMILES string of the molecule is C[C@@H](C(=O)NCCc1ccc(O)cc1)N1C(=O)/C(=C/c2ccc3c(c2)OCO3)SC1=S. The Morgan fingerprint density at radius 3 is 2.77 bits per heavy atom. The molecule has 2 aliphatic rings. The van der Waals surface area contributed by atoms with E-state index in [0.29, 0.717) is 33.7 Å². The number of nitrogens with one attached hydrogen (secondary N) is 1. The molecule has 1 atom stereocenters. The molecule has 2 aromatic rings. The molecule has 2 heterocycles. The van der Waals surface area contributed by atoms with Crippen LogP contribution in [0.15, 0.2) is 47.4 Å². The first-order valence-corrected chi connectivity index (χ1v) is 10.9. The fourth-order valence-electron chi connectivity index (χ4n) is 3.23. The Balaban J connectivity index is 1.38. The quantitative estimate of drug-likeness (QED) is 0.510. The van der Waals surface area contributed by atoms with Gasteiger partial charge in [0, 0.05) is 6.54 Å². The van der Waals surface area contributed by atoms with E-state index >= 15 is 0 Å². The minimum Gasteiger partial charge on any atom is -0.508 e. The molecule has 7 nitrogen and oxygen atoms in total. The number of carbonyl (C=O) groups excluding carboxylic acids is 2. The average molecular weight is 457 g/mol. The van der Waals surface area contributed by atoms with E-state index in [2.05, 4.69) is 5.32 Å². The molecule has 0 spiro atoms. The van der Waals surface area contributed by atoms with Crippen LogP contribution in [0.4, 0.5) is 0 Å². The van der Waals surface area contributed by atoms with Crippen LogP contribution in [0.5, 0.6) is 17.2 Å². The van der Waals surface area contributed by atoms with Gasteiger partial charge in [-0.1, -0.05) is 42.2 Å². The number of hydrogen-bond acceptors (Lipinski definition) is 7. The summed E-state index contributed by atoms with van der Waals surface area (Å²) in [6, 6.07) is 11.5. The highest BCUT2D eigenvalue weighted by Crippen LogP contribution is 2.37. The third-order valence-electron chi connectivity index (χ3n) is 4.93. The third kappa shape index (κ3) is 4.67. The zero-order valence-corrected chi connectivity index (χ0v) is 18.3. The molecule has 4 rings (SSSR count). The van der Waals surface area contributed by atoms with E-state index in [0.717, 1.165) is 11.1 Å². The number of nitrogens with zero attached hydrogens (tertiary/aromatic N) is 1. The molecule has 0 saturated carbocycles. The van der Waals surface area contributed by atoms with Gasteiger partial charge >= 0.3 is 0 Å². The van der Waals surface area contributed by atoms with Gasteiger partial charge in [-0.15, -0.1) is 0 Å². The van der Waals surface area contributed by atoms with E-state index in [4.69, 9.17) is 21.7 Å². The fourth-order valence-corrected chi connectivity index (χ4v) is 4.64. The number of aromatic hydroxyl groups is 1. The lowest BCUT2D eigenvalue weighted by atomic mass is 10.1. The van der Waals surface area contributed by atoms with Gasteiger partial charge in [0.2, 0.25) is 12.7 Å². The molecule has 9 heteroatoms. The summed E-state index contributed by atoms with van der Waals surface area (Å²) in [4.78, 5) is 27.3. The van der Waals surface area contributed by atoms with Crippen LogP contribution in [-0.2, 0) is 16.0 Å². The molecule has 0 radical (unpaired) electrons. The molecule has 2 aliphatic heterocycles. The van der Waals surface area contributed by atoms with E-state index in [1.165, 1.54) is 16.7 Å². The van der Waals surface area contributed by atoms with Crippen molar-refractivity contribution in [2.24, 2.45) is 0 Å². The van der Waals surface area contributed by atoms with Gasteiger partial charge < -0.3 is 19.9 Å². The Labute approximate surface area is 189 Å². The average Bonchev–Trinajstić information content (AvgIpc) is 3.32. The Hall–Kier alpha value is -3.04. The molecular formula is C22H20N2O5S2. The minimum atomic E-state index is -0.727. The van der Waals surface area contributed by atoms with Crippen molar-refractivity contribution in [1.29, 1.82) is 0 Å². The molecule has 2 amide bonds. The summed E-state index contributed by atoms with van der Waals surface area (Å²) < 4.78 is 11.0. The fraction of sp³-hybridized carbons (Fsp3) is 0.227. The smallest absolute Gasteiger partial charge is 0.266 e. The van der Waals surface area contributed by atoms with Gasteiger partial charge in [-0.3, -0.25) is 14.5 Å². The number of carbonyl (C=O) groups is 2. The van der Waals surface area contributed by atoms with Crippen molar-refractivity contribution in [3.63, 3.8) is 0 Å². The van der Waals surface area contributed by atoms with E-state index in [1.807, 2.05) is 6.07 Å². The summed E-state index contributed by atoms with van der Waals surface area (Å²) in [7, 11) is 0. The monoisotopic (exact) mass is 456 g/mol. The molecule has 2 N–H and O–H groups in total. The van der Waals surface area contributed by atoms with Crippen LogP contribution in [0.3, 0.4) is 0 Å². The molecule has 1 fully saturated rings. The van der Waals surface area contributed by atoms with Crippen LogP contribution in [0.2, 0.25) is 0 Å². The predicted molar refractivity (Wildman–Crippen MR) is 122 cm³/mol. The summed E-state index contributed by atoms with van der Waals surface area (Å²) in [6.45, 7) is 2.25. The van der Waals surface area contributed by atoms with Crippen molar-refractivity contribution < 1.29 is 24.2 Å². The number of amides is 2. The highest BCUT2D eigenvalue weighted by molar-refractivity contribution is 8.26. The van der Waals surface area contributed by atoms with Gasteiger partial charge in [-0.25, -0.2) is 0 Å². The van der Waals surface area contributed by atoms with Crippen LogP contribution < -0.4 is 14.8 Å². The minimum absolute atomic E-state index is 0.181. The summed E-state index contributed by atoms with van der Waals surface area (Å²) in [6.07, 6.45) is 2.35. The van der Waals surface area contributed by atoms with Gasteiger partial charge in [0.15, 0.2) is 11.5 Å². The van der Waals surface area contributed by atoms with Gasteiger partial charge in [0.1, 0.15) is 16.1 Å². The molecular weight excluding hydrogens is 436 g/mol. The van der Waals surface area contributed by atoms with Crippen LogP contribution in [0, 0.1) is 0 Å². The number of thioether (sulfide) groups is 1. The highest BCUT2D eigenvalue weighted by Gasteiger charge is 2.38. The maximum absolute atomic E-state index is 12.9. The van der Waals surface area contributed by atoms with Gasteiger partial charge in [0.05, 0.1) is 4.91 Å². The van der Waals surface area contributed by atoms with Gasteiger partial charge in [0.25, 0.3) is 5.91 Å². The van der Waals surface area contributed by atoms with Crippen molar-refractivity contribution in [1.82, 2.24) is 10.2 Å². The van der Waals surface area contributed by atoms with Gasteiger partial charge in [-0.05, 0) is 54.8 Å². The second-order valence-corrected chi connectivity index (χ2v) is 8.72. The second kappa shape index (κ2) is 8.99. The number of thiocarbonyl (C=S) groups is 1. The van der Waals surface area contributed by atoms with Crippen molar-refractivity contribution in [3.05, 3.63) is 58.5 Å². The van der Waals surface area contributed by atoms with Gasteiger partial charge in [-0.2, -0.15) is 0 Å². The first-order chi connectivity index (χ1) is 14.9. The molecule has 31 heavy (non-hydrogen) atoms. The maximum atomic E-state index is 12.9. The van der Waals surface area contributed by atoms with E-state index in [9.17, 15) is 14.7 Å². The topological polar surface area (TPSA) is 88.1 Å². The van der Waals surface area contributed by atoms with Crippen molar-refractivity contribution in [2.45, 2.75) is 19.4 Å². The van der Waals surface area contributed by atoms with Crippen molar-refractivity contribution in [2.75, 3.05) is 13.3 Å². The van der Waals surface area contributed by atoms with E-state index in [-0.39, 0.29) is 24.4 Å². The highest BCUT2D eigenvalue weighted by atomic mass is 32.2. The van der Waals surface area contributed by atoms with Crippen LogP contribution in [-0.4, -0.2) is 45.5 Å². The van der Waals surface area contributed by atoms with Crippen LogP contribution >= 0.6 is 24.0 Å². The lowest BCUT2D eigenvalue weighted by molar-refractivity contribution is -0.132.